The molecule has 0 aliphatic heterocycles. The van der Waals surface area contributed by atoms with Crippen molar-refractivity contribution in [3.63, 3.8) is 0 Å². The minimum Gasteiger partial charge on any atom is -0.497 e. The van der Waals surface area contributed by atoms with Crippen LogP contribution in [0.25, 0.3) is 0 Å². The maximum atomic E-state index is 13.1. The Morgan fingerprint density at radius 1 is 0.885 bits per heavy atom. The molecule has 0 aromatic heterocycles. The van der Waals surface area contributed by atoms with Gasteiger partial charge in [-0.1, -0.05) is 18.2 Å². The van der Waals surface area contributed by atoms with Gasteiger partial charge in [-0.2, -0.15) is 26.3 Å². The van der Waals surface area contributed by atoms with Gasteiger partial charge >= 0.3 is 12.4 Å². The van der Waals surface area contributed by atoms with Crippen LogP contribution in [0.15, 0.2) is 42.5 Å². The van der Waals surface area contributed by atoms with Crippen molar-refractivity contribution < 1.29 is 35.9 Å². The van der Waals surface area contributed by atoms with E-state index in [9.17, 15) is 31.1 Å². The molecule has 26 heavy (non-hydrogen) atoms. The molecule has 1 unspecified atom stereocenters. The first-order valence-corrected chi connectivity index (χ1v) is 7.77. The first-order valence-electron chi connectivity index (χ1n) is 6.77. The zero-order valence-electron chi connectivity index (χ0n) is 13.6. The average Bonchev–Trinajstić information content (AvgIpc) is 2.53. The molecular formula is C16H11F6LiO2P. The van der Waals surface area contributed by atoms with Crippen molar-refractivity contribution in [1.29, 1.82) is 0 Å². The van der Waals surface area contributed by atoms with Crippen LogP contribution < -0.4 is 10.0 Å². The molecule has 10 heteroatoms. The zero-order chi connectivity index (χ0) is 18.8. The molecule has 2 rings (SSSR count). The summed E-state index contributed by atoms with van der Waals surface area (Å²) in [5, 5.41) is 0.302. The molecule has 0 amide bonds. The third kappa shape index (κ3) is 5.26. The van der Waals surface area contributed by atoms with Gasteiger partial charge in [-0.25, -0.2) is 0 Å². The van der Waals surface area contributed by atoms with Gasteiger partial charge in [0.25, 0.3) is 0 Å². The monoisotopic (exact) mass is 387 g/mol. The smallest absolute Gasteiger partial charge is 0.417 e. The van der Waals surface area contributed by atoms with E-state index >= 15 is 0 Å². The number of alkyl halides is 6. The van der Waals surface area contributed by atoms with Crippen LogP contribution in [0.5, 0.6) is 5.75 Å². The van der Waals surface area contributed by atoms with E-state index in [2.05, 4.69) is 0 Å². The third-order valence-corrected chi connectivity index (χ3v) is 4.35. The van der Waals surface area contributed by atoms with Gasteiger partial charge in [0.2, 0.25) is 0 Å². The van der Waals surface area contributed by atoms with E-state index in [0.29, 0.717) is 29.3 Å². The SMILES string of the molecule is COc1ccc(PC(=O)c2c(C(F)(F)F)cccc2C(F)(F)F)cc1.[Li]. The second-order valence-electron chi connectivity index (χ2n) is 4.91. The van der Waals surface area contributed by atoms with E-state index in [-0.39, 0.29) is 18.9 Å². The summed E-state index contributed by atoms with van der Waals surface area (Å²) < 4.78 is 83.4. The van der Waals surface area contributed by atoms with Gasteiger partial charge < -0.3 is 4.74 Å². The van der Waals surface area contributed by atoms with E-state index in [1.807, 2.05) is 0 Å². The van der Waals surface area contributed by atoms with E-state index in [0.717, 1.165) is 0 Å². The second kappa shape index (κ2) is 8.47. The molecule has 1 radical (unpaired) electrons. The fourth-order valence-electron chi connectivity index (χ4n) is 2.14. The summed E-state index contributed by atoms with van der Waals surface area (Å²) in [6.45, 7) is 0. The molecular weight excluding hydrogens is 376 g/mol. The summed E-state index contributed by atoms with van der Waals surface area (Å²) in [6, 6.07) is 7.35. The van der Waals surface area contributed by atoms with E-state index < -0.39 is 43.1 Å². The van der Waals surface area contributed by atoms with Crippen molar-refractivity contribution >= 4 is 38.3 Å². The van der Waals surface area contributed by atoms with Crippen molar-refractivity contribution in [2.45, 2.75) is 12.4 Å². The van der Waals surface area contributed by atoms with Crippen LogP contribution in [-0.4, -0.2) is 31.5 Å². The molecule has 0 fully saturated rings. The van der Waals surface area contributed by atoms with Crippen LogP contribution in [0.1, 0.15) is 21.5 Å². The number of ether oxygens (including phenoxy) is 1. The number of hydrogen-bond donors (Lipinski definition) is 0. The zero-order valence-corrected chi connectivity index (χ0v) is 14.6. The van der Waals surface area contributed by atoms with E-state index in [1.54, 1.807) is 0 Å². The summed E-state index contributed by atoms with van der Waals surface area (Å²) in [5.41, 5.74) is -5.76. The second-order valence-corrected chi connectivity index (χ2v) is 6.19. The summed E-state index contributed by atoms with van der Waals surface area (Å²) >= 11 is 0. The minimum absolute atomic E-state index is 0. The van der Waals surface area contributed by atoms with Crippen LogP contribution in [-0.2, 0) is 12.4 Å². The Labute approximate surface area is 158 Å². The summed E-state index contributed by atoms with van der Waals surface area (Å²) in [6.07, 6.45) is -10.1. The van der Waals surface area contributed by atoms with Crippen molar-refractivity contribution in [1.82, 2.24) is 0 Å². The molecule has 1 atom stereocenters. The van der Waals surface area contributed by atoms with Gasteiger partial charge in [-0.15, -0.1) is 0 Å². The molecule has 0 spiro atoms. The van der Waals surface area contributed by atoms with Crippen molar-refractivity contribution in [2.24, 2.45) is 0 Å². The number of carbonyl (C=O) groups excluding carboxylic acids is 1. The van der Waals surface area contributed by atoms with Crippen LogP contribution in [0.3, 0.4) is 0 Å². The Kier molecular flexibility index (Phi) is 7.35. The molecule has 2 aromatic rings. The molecule has 0 bridgehead atoms. The molecule has 2 aromatic carbocycles. The Morgan fingerprint density at radius 3 is 1.73 bits per heavy atom. The molecule has 0 saturated carbocycles. The summed E-state index contributed by atoms with van der Waals surface area (Å²) in [4.78, 5) is 12.3. The first-order chi connectivity index (χ1) is 11.5. The quantitative estimate of drug-likeness (QED) is 0.439. The normalized spacial score (nSPS) is 12.1. The molecule has 0 heterocycles. The molecule has 0 aliphatic rings. The third-order valence-electron chi connectivity index (χ3n) is 3.25. The van der Waals surface area contributed by atoms with Crippen molar-refractivity contribution in [3.8, 4) is 5.75 Å². The van der Waals surface area contributed by atoms with Crippen LogP contribution in [0.4, 0.5) is 26.3 Å². The molecule has 2 nitrogen and oxygen atoms in total. The van der Waals surface area contributed by atoms with Gasteiger partial charge in [0.05, 0.1) is 18.2 Å². The number of methoxy groups -OCH3 is 1. The predicted octanol–water partition coefficient (Wildman–Crippen LogP) is 4.50. The first kappa shape index (κ1) is 22.6. The topological polar surface area (TPSA) is 26.3 Å². The standard InChI is InChI=1S/C16H11F6O2P.Li/c1-24-9-5-7-10(8-6-9)25-14(23)13-11(15(17,18)19)3-2-4-12(13)16(20,21)22;/h2-8,25H,1H3;. The number of benzene rings is 2. The Hall–Kier alpha value is -1.48. The van der Waals surface area contributed by atoms with Crippen LogP contribution in [0, 0.1) is 0 Å². The number of rotatable bonds is 4. The number of hydrogen-bond acceptors (Lipinski definition) is 2. The van der Waals surface area contributed by atoms with Gasteiger partial charge in [-0.3, -0.25) is 4.79 Å². The Bertz CT molecular complexity index is 740. The predicted molar refractivity (Wildman–Crippen MR) is 87.5 cm³/mol. The van der Waals surface area contributed by atoms with Gasteiger partial charge in [-0.05, 0) is 38.2 Å². The number of carbonyl (C=O) groups is 1. The van der Waals surface area contributed by atoms with Crippen molar-refractivity contribution in [3.05, 3.63) is 59.2 Å². The van der Waals surface area contributed by atoms with Gasteiger partial charge in [0, 0.05) is 24.4 Å². The summed E-state index contributed by atoms with van der Waals surface area (Å²) in [7, 11) is 0.510. The van der Waals surface area contributed by atoms with Gasteiger partial charge in [0.15, 0.2) is 5.52 Å². The average molecular weight is 387 g/mol. The molecule has 0 aliphatic carbocycles. The maximum Gasteiger partial charge on any atom is 0.417 e. The minimum atomic E-state index is -5.07. The Balaban J connectivity index is 0.00000338. The van der Waals surface area contributed by atoms with Crippen LogP contribution in [0.2, 0.25) is 0 Å². The van der Waals surface area contributed by atoms with E-state index in [1.165, 1.54) is 31.4 Å². The molecule has 0 N–H and O–H groups in total. The maximum absolute atomic E-state index is 13.1. The van der Waals surface area contributed by atoms with E-state index in [4.69, 9.17) is 4.74 Å². The largest absolute Gasteiger partial charge is 0.497 e. The molecule has 0 saturated heterocycles. The fraction of sp³-hybridized carbons (Fsp3) is 0.188. The number of halogens is 6. The summed E-state index contributed by atoms with van der Waals surface area (Å²) in [5.74, 6) is 0.452. The van der Waals surface area contributed by atoms with Crippen molar-refractivity contribution in [2.75, 3.05) is 7.11 Å². The Morgan fingerprint density at radius 2 is 1.35 bits per heavy atom. The fourth-order valence-corrected chi connectivity index (χ4v) is 3.13. The van der Waals surface area contributed by atoms with Crippen LogP contribution >= 0.6 is 8.58 Å². The molecule has 135 valence electrons. The van der Waals surface area contributed by atoms with Gasteiger partial charge in [0.1, 0.15) is 5.75 Å².